The average molecular weight is 251 g/mol. The van der Waals surface area contributed by atoms with E-state index in [9.17, 15) is 0 Å². The van der Waals surface area contributed by atoms with Gasteiger partial charge >= 0.3 is 0 Å². The monoisotopic (exact) mass is 251 g/mol. The Morgan fingerprint density at radius 3 is 1.94 bits per heavy atom. The van der Waals surface area contributed by atoms with E-state index in [2.05, 4.69) is 26.5 Å². The van der Waals surface area contributed by atoms with Gasteiger partial charge in [0.1, 0.15) is 0 Å². The summed E-state index contributed by atoms with van der Waals surface area (Å²) in [5.41, 5.74) is 0.728. The first-order valence-electron chi connectivity index (χ1n) is 7.97. The second-order valence-corrected chi connectivity index (χ2v) is 8.34. The van der Waals surface area contributed by atoms with Crippen LogP contribution in [0.1, 0.15) is 38.5 Å². The highest BCUT2D eigenvalue weighted by Gasteiger charge is 2.53. The molecule has 0 aromatic carbocycles. The fourth-order valence-corrected chi connectivity index (χ4v) is 5.89. The number of nitrogens with zero attached hydrogens (tertiary/aromatic N) is 1. The normalized spacial score (nSPS) is 42.5. The van der Waals surface area contributed by atoms with Gasteiger partial charge in [0.15, 0.2) is 0 Å². The molecule has 0 aromatic rings. The molecule has 2 nitrogen and oxygen atoms in total. The molecule has 104 valence electrons. The van der Waals surface area contributed by atoms with Crippen molar-refractivity contribution in [1.82, 2.24) is 5.32 Å². The lowest BCUT2D eigenvalue weighted by Crippen LogP contribution is -2.56. The molecule has 4 bridgehead atoms. The minimum atomic E-state index is 0.728. The number of rotatable bonds is 5. The Bertz CT molecular complexity index is 273. The predicted octanol–water partition coefficient (Wildman–Crippen LogP) is 2.50. The second-order valence-electron chi connectivity index (χ2n) is 8.34. The third-order valence-electron chi connectivity index (χ3n) is 5.90. The van der Waals surface area contributed by atoms with Gasteiger partial charge in [0.2, 0.25) is 0 Å². The third-order valence-corrected chi connectivity index (χ3v) is 5.90. The molecular weight excluding hydrogens is 220 g/mol. The van der Waals surface area contributed by atoms with Crippen LogP contribution in [-0.2, 0) is 0 Å². The zero-order valence-electron chi connectivity index (χ0n) is 12.5. The van der Waals surface area contributed by atoms with Crippen molar-refractivity contribution in [3.63, 3.8) is 0 Å². The molecule has 0 atom stereocenters. The maximum atomic E-state index is 3.32. The molecule has 0 unspecified atom stereocenters. The lowest BCUT2D eigenvalue weighted by molar-refractivity contribution is -0.896. The Hall–Kier alpha value is -0.0800. The predicted molar refractivity (Wildman–Crippen MR) is 76.4 cm³/mol. The number of hydrogen-bond donors (Lipinski definition) is 1. The Morgan fingerprint density at radius 2 is 1.50 bits per heavy atom. The van der Waals surface area contributed by atoms with Crippen molar-refractivity contribution in [2.24, 2.45) is 23.2 Å². The van der Waals surface area contributed by atoms with Crippen LogP contribution in [0.15, 0.2) is 0 Å². The van der Waals surface area contributed by atoms with E-state index in [1.165, 1.54) is 17.6 Å². The molecule has 4 fully saturated rings. The van der Waals surface area contributed by atoms with E-state index < -0.39 is 0 Å². The van der Waals surface area contributed by atoms with Crippen molar-refractivity contribution >= 4 is 0 Å². The Labute approximate surface area is 113 Å². The summed E-state index contributed by atoms with van der Waals surface area (Å²) >= 11 is 0. The number of likely N-dealkylation sites (N-methyl/N-ethyl adjacent to an activating group) is 2. The first-order valence-corrected chi connectivity index (χ1v) is 7.97. The van der Waals surface area contributed by atoms with Crippen LogP contribution in [0.2, 0.25) is 0 Å². The van der Waals surface area contributed by atoms with Crippen LogP contribution in [0.4, 0.5) is 0 Å². The smallest absolute Gasteiger partial charge is 0.0909 e. The van der Waals surface area contributed by atoms with Gasteiger partial charge in [0, 0.05) is 12.0 Å². The van der Waals surface area contributed by atoms with Crippen molar-refractivity contribution in [3.8, 4) is 0 Å². The molecule has 0 saturated heterocycles. The lowest BCUT2D eigenvalue weighted by atomic mass is 9.49. The summed E-state index contributed by atoms with van der Waals surface area (Å²) in [5, 5.41) is 3.32. The molecular formula is C16H31N2+. The van der Waals surface area contributed by atoms with Gasteiger partial charge in [0.05, 0.1) is 27.2 Å². The topological polar surface area (TPSA) is 12.0 Å². The standard InChI is InChI=1S/C16H31N2/c1-17-4-5-18(2,3)12-16-9-13-6-14(10-16)8-15(7-13)11-16/h13-15,17H,4-12H2,1-3H3/q+1. The van der Waals surface area contributed by atoms with Gasteiger partial charge in [-0.1, -0.05) is 0 Å². The van der Waals surface area contributed by atoms with Gasteiger partial charge in [-0.05, 0) is 63.3 Å². The molecule has 0 aliphatic heterocycles. The highest BCUT2D eigenvalue weighted by atomic mass is 15.3. The van der Waals surface area contributed by atoms with E-state index >= 15 is 0 Å². The Balaban J connectivity index is 1.68. The van der Waals surface area contributed by atoms with Gasteiger partial charge in [0.25, 0.3) is 0 Å². The maximum Gasteiger partial charge on any atom is 0.0909 e. The molecule has 4 rings (SSSR count). The number of hydrogen-bond acceptors (Lipinski definition) is 1. The molecule has 18 heavy (non-hydrogen) atoms. The van der Waals surface area contributed by atoms with Crippen LogP contribution in [0.25, 0.3) is 0 Å². The van der Waals surface area contributed by atoms with Crippen molar-refractivity contribution in [1.29, 1.82) is 0 Å². The van der Waals surface area contributed by atoms with Crippen molar-refractivity contribution in [3.05, 3.63) is 0 Å². The van der Waals surface area contributed by atoms with E-state index in [0.29, 0.717) is 0 Å². The summed E-state index contributed by atoms with van der Waals surface area (Å²) in [6.07, 6.45) is 9.39. The molecule has 0 aromatic heterocycles. The molecule has 0 amide bonds. The quantitative estimate of drug-likeness (QED) is 0.740. The van der Waals surface area contributed by atoms with Crippen LogP contribution < -0.4 is 5.32 Å². The molecule has 0 radical (unpaired) electrons. The van der Waals surface area contributed by atoms with Crippen molar-refractivity contribution < 1.29 is 4.48 Å². The molecule has 4 aliphatic rings. The van der Waals surface area contributed by atoms with Gasteiger partial charge in [-0.3, -0.25) is 0 Å². The minimum Gasteiger partial charge on any atom is -0.327 e. The maximum absolute atomic E-state index is 3.32. The molecule has 4 aliphatic carbocycles. The molecule has 0 spiro atoms. The number of nitrogens with one attached hydrogen (secondary N) is 1. The van der Waals surface area contributed by atoms with Gasteiger partial charge < -0.3 is 9.80 Å². The van der Waals surface area contributed by atoms with Crippen LogP contribution in [0.5, 0.6) is 0 Å². The third kappa shape index (κ3) is 2.46. The van der Waals surface area contributed by atoms with E-state index in [0.717, 1.165) is 29.7 Å². The van der Waals surface area contributed by atoms with E-state index in [1.807, 2.05) is 0 Å². The fraction of sp³-hybridized carbons (Fsp3) is 1.00. The molecule has 0 heterocycles. The highest BCUT2D eigenvalue weighted by Crippen LogP contribution is 2.60. The van der Waals surface area contributed by atoms with Crippen LogP contribution in [0, 0.1) is 23.2 Å². The molecule has 4 saturated carbocycles. The fourth-order valence-electron chi connectivity index (χ4n) is 5.89. The summed E-state index contributed by atoms with van der Waals surface area (Å²) in [7, 11) is 6.95. The first kappa shape index (κ1) is 12.9. The number of quaternary nitrogens is 1. The molecule has 1 N–H and O–H groups in total. The van der Waals surface area contributed by atoms with Crippen molar-refractivity contribution in [2.75, 3.05) is 40.8 Å². The van der Waals surface area contributed by atoms with Crippen LogP contribution >= 0.6 is 0 Å². The first-order chi connectivity index (χ1) is 8.50. The van der Waals surface area contributed by atoms with Crippen LogP contribution in [-0.4, -0.2) is 45.3 Å². The van der Waals surface area contributed by atoms with Gasteiger partial charge in [-0.25, -0.2) is 0 Å². The SMILES string of the molecule is CNCC[N+](C)(C)CC12CC3CC(CC(C3)C1)C2. The highest BCUT2D eigenvalue weighted by molar-refractivity contribution is 5.01. The lowest BCUT2D eigenvalue weighted by Gasteiger charge is -2.58. The summed E-state index contributed by atoms with van der Waals surface area (Å²) in [6.45, 7) is 3.86. The largest absolute Gasteiger partial charge is 0.327 e. The average Bonchev–Trinajstić information content (AvgIpc) is 2.22. The minimum absolute atomic E-state index is 0.728. The summed E-state index contributed by atoms with van der Waals surface area (Å²) in [6, 6.07) is 0. The van der Waals surface area contributed by atoms with E-state index in [4.69, 9.17) is 0 Å². The summed E-state index contributed by atoms with van der Waals surface area (Å²) in [4.78, 5) is 0. The Morgan fingerprint density at radius 1 is 1.00 bits per heavy atom. The van der Waals surface area contributed by atoms with Gasteiger partial charge in [-0.15, -0.1) is 0 Å². The second kappa shape index (κ2) is 4.49. The van der Waals surface area contributed by atoms with E-state index in [-0.39, 0.29) is 0 Å². The van der Waals surface area contributed by atoms with Crippen molar-refractivity contribution in [2.45, 2.75) is 38.5 Å². The zero-order valence-corrected chi connectivity index (χ0v) is 12.5. The zero-order chi connectivity index (χ0) is 12.8. The Kier molecular flexibility index (Phi) is 3.22. The molecule has 2 heteroatoms. The van der Waals surface area contributed by atoms with Crippen LogP contribution in [0.3, 0.4) is 0 Å². The van der Waals surface area contributed by atoms with E-state index in [1.54, 1.807) is 38.5 Å². The summed E-state index contributed by atoms with van der Waals surface area (Å²) < 4.78 is 1.22. The summed E-state index contributed by atoms with van der Waals surface area (Å²) in [5.74, 6) is 3.29. The van der Waals surface area contributed by atoms with Gasteiger partial charge in [-0.2, -0.15) is 0 Å².